The molecule has 0 N–H and O–H groups in total. The molecule has 23 heavy (non-hydrogen) atoms. The van der Waals surface area contributed by atoms with Gasteiger partial charge in [-0.1, -0.05) is 36.4 Å². The topological polar surface area (TPSA) is 90.7 Å². The maximum absolute atomic E-state index is 11.3. The van der Waals surface area contributed by atoms with Crippen LogP contribution in [0.25, 0.3) is 6.08 Å². The van der Waals surface area contributed by atoms with Crippen molar-refractivity contribution in [2.24, 2.45) is 0 Å². The Labute approximate surface area is 137 Å². The minimum atomic E-state index is -0.455. The zero-order chi connectivity index (χ0) is 16.7. The van der Waals surface area contributed by atoms with Gasteiger partial charge in [0.1, 0.15) is 17.7 Å². The quantitative estimate of drug-likeness (QED) is 0.354. The molecular weight excluding hydrogens is 310 g/mol. The van der Waals surface area contributed by atoms with E-state index in [1.807, 2.05) is 30.3 Å². The molecule has 112 valence electrons. The molecule has 0 atom stereocenters. The molecule has 0 aliphatic carbocycles. The number of hydrogen-bond donors (Lipinski definition) is 0. The van der Waals surface area contributed by atoms with E-state index in [2.05, 4.69) is 0 Å². The number of hydrogen-bond acceptors (Lipinski definition) is 5. The molecule has 0 saturated carbocycles. The number of rotatable bonds is 5. The summed E-state index contributed by atoms with van der Waals surface area (Å²) < 4.78 is 0. The van der Waals surface area contributed by atoms with Crippen LogP contribution < -0.4 is 0 Å². The van der Waals surface area contributed by atoms with Crippen LogP contribution in [-0.2, 0) is 5.75 Å². The Hall–Kier alpha value is -3.09. The lowest BCUT2D eigenvalue weighted by Gasteiger charge is -2.04. The first kappa shape index (κ1) is 16.3. The van der Waals surface area contributed by atoms with Gasteiger partial charge in [0.25, 0.3) is 5.69 Å². The number of nitro groups is 1. The monoisotopic (exact) mass is 321 g/mol. The fourth-order valence-electron chi connectivity index (χ4n) is 1.88. The Kier molecular flexibility index (Phi) is 5.51. The lowest BCUT2D eigenvalue weighted by molar-refractivity contribution is -0.387. The Balaban J connectivity index is 2.27. The molecule has 0 aliphatic heterocycles. The van der Waals surface area contributed by atoms with Crippen LogP contribution in [0.1, 0.15) is 11.1 Å². The summed E-state index contributed by atoms with van der Waals surface area (Å²) in [4.78, 5) is 11.3. The summed E-state index contributed by atoms with van der Waals surface area (Å²) in [6, 6.07) is 17.8. The van der Waals surface area contributed by atoms with E-state index in [0.29, 0.717) is 16.2 Å². The molecular formula is C17H11N3O2S. The van der Waals surface area contributed by atoms with Gasteiger partial charge in [-0.2, -0.15) is 10.5 Å². The number of nitro benzene ring substituents is 1. The van der Waals surface area contributed by atoms with Crippen molar-refractivity contribution in [1.82, 2.24) is 0 Å². The minimum Gasteiger partial charge on any atom is -0.258 e. The maximum Gasteiger partial charge on any atom is 0.283 e. The molecule has 5 nitrogen and oxygen atoms in total. The Morgan fingerprint density at radius 2 is 1.87 bits per heavy atom. The van der Waals surface area contributed by atoms with E-state index in [-0.39, 0.29) is 11.3 Å². The predicted molar refractivity (Wildman–Crippen MR) is 88.3 cm³/mol. The summed E-state index contributed by atoms with van der Waals surface area (Å²) in [6.07, 6.45) is 1.33. The largest absolute Gasteiger partial charge is 0.283 e. The van der Waals surface area contributed by atoms with Gasteiger partial charge in [-0.3, -0.25) is 10.1 Å². The van der Waals surface area contributed by atoms with Gasteiger partial charge in [0.15, 0.2) is 0 Å². The molecule has 6 heteroatoms. The van der Waals surface area contributed by atoms with Crippen molar-refractivity contribution >= 4 is 23.5 Å². The molecule has 0 saturated heterocycles. The third-order valence-corrected chi connectivity index (χ3v) is 4.10. The first-order valence-corrected chi connectivity index (χ1v) is 7.59. The van der Waals surface area contributed by atoms with Crippen LogP contribution in [0.3, 0.4) is 0 Å². The van der Waals surface area contributed by atoms with Gasteiger partial charge in [-0.25, -0.2) is 0 Å². The van der Waals surface area contributed by atoms with Gasteiger partial charge in [-0.05, 0) is 23.3 Å². The first-order valence-electron chi connectivity index (χ1n) is 6.61. The highest BCUT2D eigenvalue weighted by Crippen LogP contribution is 2.32. The molecule has 2 aromatic rings. The van der Waals surface area contributed by atoms with Crippen LogP contribution in [0, 0.1) is 32.8 Å². The summed E-state index contributed by atoms with van der Waals surface area (Å²) in [5, 5.41) is 28.8. The first-order chi connectivity index (χ1) is 11.1. The molecule has 0 spiro atoms. The van der Waals surface area contributed by atoms with Crippen molar-refractivity contribution < 1.29 is 4.92 Å². The Morgan fingerprint density at radius 3 is 2.48 bits per heavy atom. The van der Waals surface area contributed by atoms with Gasteiger partial charge >= 0.3 is 0 Å². The summed E-state index contributed by atoms with van der Waals surface area (Å²) in [6.45, 7) is 0. The van der Waals surface area contributed by atoms with Crippen LogP contribution >= 0.6 is 11.8 Å². The average Bonchev–Trinajstić information content (AvgIpc) is 2.59. The van der Waals surface area contributed by atoms with E-state index in [4.69, 9.17) is 10.5 Å². The lowest BCUT2D eigenvalue weighted by Crippen LogP contribution is -1.92. The Morgan fingerprint density at radius 1 is 1.17 bits per heavy atom. The second-order valence-electron chi connectivity index (χ2n) is 4.54. The van der Waals surface area contributed by atoms with Crippen molar-refractivity contribution in [2.45, 2.75) is 10.6 Å². The zero-order valence-electron chi connectivity index (χ0n) is 12.0. The van der Waals surface area contributed by atoms with Crippen LogP contribution in [0.2, 0.25) is 0 Å². The second-order valence-corrected chi connectivity index (χ2v) is 5.56. The normalized spacial score (nSPS) is 9.48. The average molecular weight is 321 g/mol. The van der Waals surface area contributed by atoms with Crippen molar-refractivity contribution in [3.8, 4) is 12.1 Å². The number of benzene rings is 2. The summed E-state index contributed by atoms with van der Waals surface area (Å²) >= 11 is 1.38. The van der Waals surface area contributed by atoms with Crippen molar-refractivity contribution in [3.63, 3.8) is 0 Å². The standard InChI is InChI=1S/C17H11N3O2S/c18-10-15(11-19)8-14-6-7-17(16(9-14)20(21)22)23-12-13-4-2-1-3-5-13/h1-9H,12H2. The van der Waals surface area contributed by atoms with Crippen LogP contribution in [-0.4, -0.2) is 4.92 Å². The Bertz CT molecular complexity index is 817. The van der Waals surface area contributed by atoms with Crippen LogP contribution in [0.4, 0.5) is 5.69 Å². The fraction of sp³-hybridized carbons (Fsp3) is 0.0588. The number of thioether (sulfide) groups is 1. The van der Waals surface area contributed by atoms with E-state index in [0.717, 1.165) is 5.56 Å². The molecule has 2 aromatic carbocycles. The highest BCUT2D eigenvalue weighted by molar-refractivity contribution is 7.98. The molecule has 0 amide bonds. The van der Waals surface area contributed by atoms with Crippen LogP contribution in [0.15, 0.2) is 59.0 Å². The SMILES string of the molecule is N#CC(C#N)=Cc1ccc(SCc2ccccc2)c([N+](=O)[O-])c1. The van der Waals surface area contributed by atoms with Gasteiger partial charge in [-0.15, -0.1) is 11.8 Å². The third kappa shape index (κ3) is 4.44. The van der Waals surface area contributed by atoms with Crippen molar-refractivity contribution in [2.75, 3.05) is 0 Å². The minimum absolute atomic E-state index is 0.0325. The van der Waals surface area contributed by atoms with E-state index in [1.54, 1.807) is 24.3 Å². The van der Waals surface area contributed by atoms with Crippen molar-refractivity contribution in [1.29, 1.82) is 10.5 Å². The lowest BCUT2D eigenvalue weighted by atomic mass is 10.1. The summed E-state index contributed by atoms with van der Waals surface area (Å²) in [5.41, 5.74) is 1.41. The highest BCUT2D eigenvalue weighted by atomic mass is 32.2. The molecule has 0 heterocycles. The molecule has 0 bridgehead atoms. The zero-order valence-corrected chi connectivity index (χ0v) is 12.8. The smallest absolute Gasteiger partial charge is 0.258 e. The van der Waals surface area contributed by atoms with Gasteiger partial charge in [0.2, 0.25) is 0 Å². The van der Waals surface area contributed by atoms with Gasteiger partial charge < -0.3 is 0 Å². The molecule has 0 fully saturated rings. The second kappa shape index (κ2) is 7.79. The highest BCUT2D eigenvalue weighted by Gasteiger charge is 2.15. The molecule has 0 aromatic heterocycles. The third-order valence-electron chi connectivity index (χ3n) is 2.97. The van der Waals surface area contributed by atoms with E-state index in [1.165, 1.54) is 23.9 Å². The predicted octanol–water partition coefficient (Wildman–Crippen LogP) is 4.32. The van der Waals surface area contributed by atoms with Crippen molar-refractivity contribution in [3.05, 3.63) is 75.3 Å². The maximum atomic E-state index is 11.3. The molecule has 2 rings (SSSR count). The van der Waals surface area contributed by atoms with E-state index >= 15 is 0 Å². The number of nitrogens with zero attached hydrogens (tertiary/aromatic N) is 3. The summed E-state index contributed by atoms with van der Waals surface area (Å²) in [5.74, 6) is 0.624. The number of nitriles is 2. The summed E-state index contributed by atoms with van der Waals surface area (Å²) in [7, 11) is 0. The van der Waals surface area contributed by atoms with E-state index < -0.39 is 4.92 Å². The van der Waals surface area contributed by atoms with E-state index in [9.17, 15) is 10.1 Å². The van der Waals surface area contributed by atoms with Gasteiger partial charge in [0, 0.05) is 11.8 Å². The van der Waals surface area contributed by atoms with Gasteiger partial charge in [0.05, 0.1) is 9.82 Å². The van der Waals surface area contributed by atoms with Crippen LogP contribution in [0.5, 0.6) is 0 Å². The molecule has 0 aliphatic rings. The molecule has 0 unspecified atom stereocenters. The molecule has 0 radical (unpaired) electrons. The number of allylic oxidation sites excluding steroid dienone is 1. The fourth-order valence-corrected chi connectivity index (χ4v) is 2.84.